The molecule has 0 spiro atoms. The summed E-state index contributed by atoms with van der Waals surface area (Å²) < 4.78 is 0. The quantitative estimate of drug-likeness (QED) is 0.629. The Morgan fingerprint density at radius 1 is 1.04 bits per heavy atom. The number of allylic oxidation sites excluding steroid dienone is 2. The highest BCUT2D eigenvalue weighted by Crippen LogP contribution is 2.49. The Bertz CT molecular complexity index is 745. The molecule has 0 aromatic heterocycles. The number of carbonyl (C=O) groups is 3. The zero-order chi connectivity index (χ0) is 18.3. The number of fused-ring (bicyclic) bond motifs is 1. The van der Waals surface area contributed by atoms with Crippen molar-refractivity contribution in [2.75, 3.05) is 18.4 Å². The molecule has 1 saturated heterocycles. The van der Waals surface area contributed by atoms with Crippen LogP contribution >= 0.6 is 11.6 Å². The highest BCUT2D eigenvalue weighted by molar-refractivity contribution is 6.30. The van der Waals surface area contributed by atoms with E-state index in [1.54, 1.807) is 24.3 Å². The summed E-state index contributed by atoms with van der Waals surface area (Å²) in [6.07, 6.45) is 6.16. The fourth-order valence-electron chi connectivity index (χ4n) is 4.35. The van der Waals surface area contributed by atoms with Crippen LogP contribution < -0.4 is 10.6 Å². The van der Waals surface area contributed by atoms with Crippen molar-refractivity contribution in [2.45, 2.75) is 12.8 Å². The van der Waals surface area contributed by atoms with Crippen molar-refractivity contribution in [3.8, 4) is 0 Å². The summed E-state index contributed by atoms with van der Waals surface area (Å²) in [6.45, 7) is 0.428. The third-order valence-electron chi connectivity index (χ3n) is 5.57. The molecule has 4 aliphatic rings. The molecule has 0 radical (unpaired) electrons. The number of imide groups is 1. The number of halogens is 1. The third kappa shape index (κ3) is 2.98. The molecule has 2 bridgehead atoms. The molecule has 1 aromatic rings. The number of rotatable bonds is 4. The first-order valence-corrected chi connectivity index (χ1v) is 9.26. The van der Waals surface area contributed by atoms with Gasteiger partial charge in [-0.25, -0.2) is 4.79 Å². The van der Waals surface area contributed by atoms with Crippen molar-refractivity contribution in [1.29, 1.82) is 0 Å². The number of anilines is 1. The van der Waals surface area contributed by atoms with Gasteiger partial charge < -0.3 is 10.6 Å². The van der Waals surface area contributed by atoms with Crippen LogP contribution in [0.3, 0.4) is 0 Å². The predicted octanol–water partition coefficient (Wildman–Crippen LogP) is 2.66. The van der Waals surface area contributed by atoms with E-state index in [0.717, 1.165) is 12.8 Å². The van der Waals surface area contributed by atoms with E-state index >= 15 is 0 Å². The summed E-state index contributed by atoms with van der Waals surface area (Å²) in [7, 11) is 0. The minimum Gasteiger partial charge on any atom is -0.336 e. The van der Waals surface area contributed by atoms with Gasteiger partial charge in [0.05, 0.1) is 11.8 Å². The predicted molar refractivity (Wildman–Crippen MR) is 97.5 cm³/mol. The largest absolute Gasteiger partial charge is 0.336 e. The molecule has 3 aliphatic carbocycles. The Labute approximate surface area is 156 Å². The van der Waals surface area contributed by atoms with Crippen LogP contribution in [-0.4, -0.2) is 35.8 Å². The molecule has 4 amide bonds. The van der Waals surface area contributed by atoms with Gasteiger partial charge in [-0.1, -0.05) is 23.8 Å². The number of likely N-dealkylation sites (tertiary alicyclic amines) is 1. The molecule has 2 N–H and O–H groups in total. The number of hydrogen-bond donors (Lipinski definition) is 2. The zero-order valence-electron chi connectivity index (χ0n) is 14.2. The third-order valence-corrected chi connectivity index (χ3v) is 5.83. The summed E-state index contributed by atoms with van der Waals surface area (Å²) >= 11 is 5.81. The smallest absolute Gasteiger partial charge is 0.319 e. The summed E-state index contributed by atoms with van der Waals surface area (Å²) in [6, 6.07) is 6.38. The molecule has 26 heavy (non-hydrogen) atoms. The second-order valence-electron chi connectivity index (χ2n) is 7.06. The topological polar surface area (TPSA) is 78.5 Å². The van der Waals surface area contributed by atoms with Crippen LogP contribution in [0.15, 0.2) is 36.4 Å². The van der Waals surface area contributed by atoms with Gasteiger partial charge in [0.25, 0.3) is 0 Å². The Balaban J connectivity index is 1.31. The molecule has 136 valence electrons. The molecule has 1 aromatic carbocycles. The highest BCUT2D eigenvalue weighted by Gasteiger charge is 2.56. The van der Waals surface area contributed by atoms with Gasteiger partial charge in [-0.15, -0.1) is 0 Å². The maximum Gasteiger partial charge on any atom is 0.319 e. The minimum atomic E-state index is -0.384. The van der Waals surface area contributed by atoms with Crippen LogP contribution in [0.1, 0.15) is 12.8 Å². The normalized spacial score (nSPS) is 29.0. The standard InChI is InChI=1S/C19H20ClN3O3/c20-13-5-7-14(8-6-13)22-19(26)21-9-10-23-17(24)15-11-1-2-12(4-3-11)16(15)18(23)25/h1-2,5-8,11-12,15-16H,3-4,9-10H2,(H2,21,22,26)/t11-,12-,15-,16-/m0/s1. The first kappa shape index (κ1) is 17.1. The fourth-order valence-corrected chi connectivity index (χ4v) is 4.47. The van der Waals surface area contributed by atoms with E-state index in [0.29, 0.717) is 10.7 Å². The van der Waals surface area contributed by atoms with Gasteiger partial charge in [0.1, 0.15) is 0 Å². The van der Waals surface area contributed by atoms with Crippen LogP contribution in [-0.2, 0) is 9.59 Å². The lowest BCUT2D eigenvalue weighted by Crippen LogP contribution is -2.40. The molecule has 1 saturated carbocycles. The summed E-state index contributed by atoms with van der Waals surface area (Å²) in [5, 5.41) is 5.96. The Morgan fingerprint density at radius 3 is 2.15 bits per heavy atom. The monoisotopic (exact) mass is 373 g/mol. The molecule has 6 nitrogen and oxygen atoms in total. The molecule has 7 heteroatoms. The second kappa shape index (κ2) is 6.76. The van der Waals surface area contributed by atoms with Gasteiger partial charge in [0.15, 0.2) is 0 Å². The van der Waals surface area contributed by atoms with Gasteiger partial charge in [0, 0.05) is 23.8 Å². The molecule has 5 rings (SSSR count). The first-order chi connectivity index (χ1) is 12.5. The Morgan fingerprint density at radius 2 is 1.62 bits per heavy atom. The molecular formula is C19H20ClN3O3. The second-order valence-corrected chi connectivity index (χ2v) is 7.49. The molecule has 1 aliphatic heterocycles. The van der Waals surface area contributed by atoms with E-state index in [4.69, 9.17) is 11.6 Å². The van der Waals surface area contributed by atoms with E-state index in [-0.39, 0.29) is 54.6 Å². The average molecular weight is 374 g/mol. The number of urea groups is 1. The number of nitrogens with one attached hydrogen (secondary N) is 2. The average Bonchev–Trinajstić information content (AvgIpc) is 2.92. The maximum atomic E-state index is 12.7. The lowest BCUT2D eigenvalue weighted by Gasteiger charge is -2.38. The van der Waals surface area contributed by atoms with E-state index < -0.39 is 0 Å². The summed E-state index contributed by atoms with van der Waals surface area (Å²) in [4.78, 5) is 38.6. The highest BCUT2D eigenvalue weighted by atomic mass is 35.5. The van der Waals surface area contributed by atoms with E-state index in [1.165, 1.54) is 4.90 Å². The number of amides is 4. The fraction of sp³-hybridized carbons (Fsp3) is 0.421. The van der Waals surface area contributed by atoms with Gasteiger partial charge in [0.2, 0.25) is 11.8 Å². The van der Waals surface area contributed by atoms with Crippen molar-refractivity contribution in [1.82, 2.24) is 10.2 Å². The Kier molecular flexibility index (Phi) is 4.44. The van der Waals surface area contributed by atoms with Crippen molar-refractivity contribution in [2.24, 2.45) is 23.7 Å². The Hall–Kier alpha value is -2.34. The zero-order valence-corrected chi connectivity index (χ0v) is 14.9. The minimum absolute atomic E-state index is 0.0843. The molecule has 1 heterocycles. The lowest BCUT2D eigenvalue weighted by molar-refractivity contribution is -0.140. The van der Waals surface area contributed by atoms with Gasteiger partial charge in [-0.2, -0.15) is 0 Å². The summed E-state index contributed by atoms with van der Waals surface area (Å²) in [5.74, 6) is -0.193. The van der Waals surface area contributed by atoms with Gasteiger partial charge >= 0.3 is 6.03 Å². The van der Waals surface area contributed by atoms with Crippen LogP contribution in [0.25, 0.3) is 0 Å². The number of hydrogen-bond acceptors (Lipinski definition) is 3. The van der Waals surface area contributed by atoms with Crippen molar-refractivity contribution in [3.05, 3.63) is 41.4 Å². The van der Waals surface area contributed by atoms with Gasteiger partial charge in [-0.05, 0) is 48.9 Å². The van der Waals surface area contributed by atoms with Crippen LogP contribution in [0.2, 0.25) is 5.02 Å². The van der Waals surface area contributed by atoms with Crippen LogP contribution in [0.4, 0.5) is 10.5 Å². The van der Waals surface area contributed by atoms with Crippen LogP contribution in [0, 0.1) is 23.7 Å². The van der Waals surface area contributed by atoms with Crippen molar-refractivity contribution < 1.29 is 14.4 Å². The van der Waals surface area contributed by atoms with Crippen molar-refractivity contribution in [3.63, 3.8) is 0 Å². The number of benzene rings is 1. The van der Waals surface area contributed by atoms with E-state index in [9.17, 15) is 14.4 Å². The first-order valence-electron chi connectivity index (χ1n) is 8.88. The number of nitrogens with zero attached hydrogens (tertiary/aromatic N) is 1. The van der Waals surface area contributed by atoms with Gasteiger partial charge in [-0.3, -0.25) is 14.5 Å². The van der Waals surface area contributed by atoms with E-state index in [1.807, 2.05) is 0 Å². The van der Waals surface area contributed by atoms with E-state index in [2.05, 4.69) is 22.8 Å². The molecule has 0 unspecified atom stereocenters. The lowest BCUT2D eigenvalue weighted by atomic mass is 9.63. The number of carbonyl (C=O) groups excluding carboxylic acids is 3. The molecular weight excluding hydrogens is 354 g/mol. The summed E-state index contributed by atoms with van der Waals surface area (Å²) in [5.41, 5.74) is 0.619. The van der Waals surface area contributed by atoms with Crippen LogP contribution in [0.5, 0.6) is 0 Å². The molecule has 2 fully saturated rings. The molecule has 4 atom stereocenters. The SMILES string of the molecule is O=C(NCCN1C(=O)[C@@H]2[C@@H](C1=O)[C@H]1C=C[C@H]2CC1)Nc1ccc(Cl)cc1. The maximum absolute atomic E-state index is 12.7. The van der Waals surface area contributed by atoms with Crippen molar-refractivity contribution >= 4 is 35.1 Å².